The number of ether oxygens (including phenoxy) is 2. The fourth-order valence-corrected chi connectivity index (χ4v) is 10.9. The van der Waals surface area contributed by atoms with E-state index in [2.05, 4.69) is 17.8 Å². The Hall–Kier alpha value is -1.24. The Labute approximate surface area is 284 Å². The summed E-state index contributed by atoms with van der Waals surface area (Å²) in [5.74, 6) is -5.58. The maximum absolute atomic E-state index is 11.6. The molecule has 0 saturated heterocycles. The summed E-state index contributed by atoms with van der Waals surface area (Å²) in [5.41, 5.74) is 0. The van der Waals surface area contributed by atoms with Gasteiger partial charge in [0.15, 0.2) is 42.4 Å². The average molecular weight is 895 g/mol. The number of nitrogens with zero attached hydrogens (tertiary/aromatic N) is 2. The van der Waals surface area contributed by atoms with Crippen molar-refractivity contribution in [2.45, 2.75) is 12.8 Å². The van der Waals surface area contributed by atoms with Gasteiger partial charge >= 0.3 is 0 Å². The maximum Gasteiger partial charge on any atom is 0.283 e. The topological polar surface area (TPSA) is 248 Å². The van der Waals surface area contributed by atoms with E-state index in [-0.39, 0.29) is 7.42 Å². The zero-order valence-electron chi connectivity index (χ0n) is 26.5. The van der Waals surface area contributed by atoms with Crippen LogP contribution in [0.15, 0.2) is 0 Å². The van der Waals surface area contributed by atoms with Crippen LogP contribution in [0.25, 0.3) is 0 Å². The van der Waals surface area contributed by atoms with E-state index in [0.29, 0.717) is 28.2 Å². The van der Waals surface area contributed by atoms with E-state index < -0.39 is 123 Å². The largest absolute Gasteiger partial charge is 0.333 e. The molecule has 50 heavy (non-hydrogen) atoms. The molecule has 0 unspecified atom stereocenters. The van der Waals surface area contributed by atoms with Crippen molar-refractivity contribution in [2.75, 3.05) is 91.8 Å². The Morgan fingerprint density at radius 1 is 0.520 bits per heavy atom. The van der Waals surface area contributed by atoms with E-state index in [1.165, 1.54) is 0 Å². The SMILES string of the molecule is CC(F)(F)CF.CF.COS(=O)(=O)CS(=O)(=O)N(C)S(=O)(=O)COCF.COS(=O)(=O)CS(=O)(=O)N(C)S(=O)(=O)COCF.FCF.FCF. The second-order valence-electron chi connectivity index (χ2n) is 7.16. The highest BCUT2D eigenvalue weighted by atomic mass is 32.3. The molecule has 0 heterocycles. The Kier molecular flexibility index (Phi) is 35.6. The van der Waals surface area contributed by atoms with Crippen molar-refractivity contribution in [3.63, 3.8) is 0 Å². The van der Waals surface area contributed by atoms with Gasteiger partial charge in [-0.2, -0.15) is 16.8 Å². The highest BCUT2D eigenvalue weighted by Gasteiger charge is 2.35. The summed E-state index contributed by atoms with van der Waals surface area (Å²) in [6.45, 7) is -7.38. The van der Waals surface area contributed by atoms with Crippen LogP contribution in [-0.2, 0) is 78.2 Å². The lowest BCUT2D eigenvalue weighted by Gasteiger charge is -2.16. The molecule has 34 heteroatoms. The molecule has 0 aromatic carbocycles. The average Bonchev–Trinajstić information content (AvgIpc) is 2.99. The Bertz CT molecular complexity index is 1400. The van der Waals surface area contributed by atoms with Crippen molar-refractivity contribution in [2.24, 2.45) is 0 Å². The third-order valence-electron chi connectivity index (χ3n) is 3.51. The van der Waals surface area contributed by atoms with Gasteiger partial charge in [-0.25, -0.2) is 73.2 Å². The fourth-order valence-electron chi connectivity index (χ4n) is 1.38. The highest BCUT2D eigenvalue weighted by molar-refractivity contribution is 8.11. The van der Waals surface area contributed by atoms with Crippen molar-refractivity contribution in [3.8, 4) is 0 Å². The number of halogens is 10. The van der Waals surface area contributed by atoms with Crippen LogP contribution < -0.4 is 0 Å². The maximum atomic E-state index is 11.6. The number of alkyl halides is 10. The van der Waals surface area contributed by atoms with Gasteiger partial charge < -0.3 is 9.47 Å². The Morgan fingerprint density at radius 3 is 0.860 bits per heavy atom. The van der Waals surface area contributed by atoms with Crippen LogP contribution in [0.1, 0.15) is 6.92 Å². The first kappa shape index (κ1) is 60.8. The third kappa shape index (κ3) is 33.9. The molecule has 0 atom stereocenters. The van der Waals surface area contributed by atoms with E-state index in [1.807, 2.05) is 0 Å². The molecule has 0 amide bonds. The fraction of sp³-hybridized carbons (Fsp3) is 1.00. The first-order valence-corrected chi connectivity index (χ1v) is 20.7. The Balaban J connectivity index is -0.000000141. The molecule has 0 aromatic rings. The number of rotatable bonds is 17. The van der Waals surface area contributed by atoms with Gasteiger partial charge in [0.05, 0.1) is 21.4 Å². The molecule has 312 valence electrons. The van der Waals surface area contributed by atoms with Gasteiger partial charge in [-0.05, 0) is 0 Å². The predicted octanol–water partition coefficient (Wildman–Crippen LogP) is 0.788. The van der Waals surface area contributed by atoms with Crippen molar-refractivity contribution in [3.05, 3.63) is 0 Å². The van der Waals surface area contributed by atoms with Crippen LogP contribution in [0.3, 0.4) is 0 Å². The second-order valence-corrected chi connectivity index (χ2v) is 19.7. The zero-order chi connectivity index (χ0) is 41.8. The molecule has 0 fully saturated rings. The normalized spacial score (nSPS) is 12.4. The van der Waals surface area contributed by atoms with Crippen molar-refractivity contribution < 1.29 is 112 Å². The van der Waals surface area contributed by atoms with Gasteiger partial charge in [-0.1, -0.05) is 7.42 Å². The lowest BCUT2D eigenvalue weighted by molar-refractivity contribution is -0.00295. The van der Waals surface area contributed by atoms with Crippen LogP contribution in [0, 0.1) is 0 Å². The molecule has 0 radical (unpaired) electrons. The van der Waals surface area contributed by atoms with Gasteiger partial charge in [-0.3, -0.25) is 12.8 Å². The van der Waals surface area contributed by atoms with Gasteiger partial charge in [0.2, 0.25) is 33.9 Å². The van der Waals surface area contributed by atoms with Gasteiger partial charge in [0.25, 0.3) is 46.2 Å². The molecular formula is C16H36F10N2O16S6. The number of hydrogen-bond donors (Lipinski definition) is 0. The first-order chi connectivity index (χ1) is 22.4. The molecule has 0 aromatic heterocycles. The molecule has 0 bridgehead atoms. The molecule has 0 aliphatic rings. The summed E-state index contributed by atoms with van der Waals surface area (Å²) in [5, 5.41) is -3.11. The number of sulfonamides is 4. The molecule has 0 N–H and O–H groups in total. The minimum absolute atomic E-state index is 0.202. The molecular weight excluding hydrogens is 859 g/mol. The van der Waals surface area contributed by atoms with Crippen molar-refractivity contribution >= 4 is 60.3 Å². The van der Waals surface area contributed by atoms with E-state index >= 15 is 0 Å². The molecule has 0 aliphatic heterocycles. The minimum Gasteiger partial charge on any atom is -0.333 e. The number of hydrogen-bond acceptors (Lipinski definition) is 16. The lowest BCUT2D eigenvalue weighted by Crippen LogP contribution is -2.39. The summed E-state index contributed by atoms with van der Waals surface area (Å²) < 4.78 is 254. The monoisotopic (exact) mass is 894 g/mol. The van der Waals surface area contributed by atoms with E-state index in [1.54, 1.807) is 0 Å². The summed E-state index contributed by atoms with van der Waals surface area (Å²) in [4.78, 5) is 0. The standard InChI is InChI=1S/2C5H12FNO8S3.C3H5F3.2CH2F2.CH3F/c2*1-7(16(8,9)4-15-3-6)17(10,11)5-18(12,13)14-2;1-3(5,6)2-4;2*2-1-3;1-2/h2*3-5H2,1-2H3;2H2,1H3;2*1H2;1H3. The molecule has 18 nitrogen and oxygen atoms in total. The molecule has 0 aliphatic carbocycles. The van der Waals surface area contributed by atoms with Gasteiger partial charge in [0.1, 0.15) is 0 Å². The quantitative estimate of drug-likeness (QED) is 0.145. The van der Waals surface area contributed by atoms with E-state index in [4.69, 9.17) is 0 Å². The zero-order valence-corrected chi connectivity index (χ0v) is 31.4. The third-order valence-corrected chi connectivity index (χ3v) is 16.0. The van der Waals surface area contributed by atoms with Crippen LogP contribution in [0.4, 0.5) is 43.9 Å². The molecule has 0 spiro atoms. The molecule has 0 rings (SSSR count). The second kappa shape index (κ2) is 29.2. The summed E-state index contributed by atoms with van der Waals surface area (Å²) >= 11 is 0. The minimum atomic E-state index is -4.69. The van der Waals surface area contributed by atoms with Gasteiger partial charge in [-0.15, -0.1) is 0 Å². The first-order valence-electron chi connectivity index (χ1n) is 11.1. The van der Waals surface area contributed by atoms with E-state index in [0.717, 1.165) is 14.2 Å². The smallest absolute Gasteiger partial charge is 0.283 e. The van der Waals surface area contributed by atoms with Crippen molar-refractivity contribution in [1.82, 2.24) is 7.42 Å². The summed E-state index contributed by atoms with van der Waals surface area (Å²) in [6.07, 6.45) is 0. The summed E-state index contributed by atoms with van der Waals surface area (Å²) in [7, 11) is -24.0. The van der Waals surface area contributed by atoms with Crippen molar-refractivity contribution in [1.29, 1.82) is 0 Å². The lowest BCUT2D eigenvalue weighted by atomic mass is 10.4. The van der Waals surface area contributed by atoms with Gasteiger partial charge in [0, 0.05) is 21.0 Å². The van der Waals surface area contributed by atoms with Crippen LogP contribution in [-0.4, -0.2) is 156 Å². The highest BCUT2D eigenvalue weighted by Crippen LogP contribution is 2.12. The molecule has 0 saturated carbocycles. The van der Waals surface area contributed by atoms with Crippen LogP contribution >= 0.6 is 0 Å². The summed E-state index contributed by atoms with van der Waals surface area (Å²) in [6, 6.07) is 0. The van der Waals surface area contributed by atoms with E-state index in [9.17, 15) is 94.4 Å². The Morgan fingerprint density at radius 2 is 0.720 bits per heavy atom. The van der Waals surface area contributed by atoms with Crippen LogP contribution in [0.2, 0.25) is 0 Å². The predicted molar refractivity (Wildman–Crippen MR) is 154 cm³/mol. The van der Waals surface area contributed by atoms with Crippen LogP contribution in [0.5, 0.6) is 0 Å².